The van der Waals surface area contributed by atoms with Gasteiger partial charge in [-0.25, -0.2) is 29.3 Å². The number of para-hydroxylation sites is 2. The van der Waals surface area contributed by atoms with E-state index in [4.69, 9.17) is 64.8 Å². The third kappa shape index (κ3) is 33.3. The first-order valence-corrected chi connectivity index (χ1v) is 43.2. The van der Waals surface area contributed by atoms with Crippen LogP contribution < -0.4 is 102 Å². The number of nitrogens with two attached hydrogens (primary N) is 3. The van der Waals surface area contributed by atoms with E-state index in [1.54, 1.807) is 24.3 Å². The van der Waals surface area contributed by atoms with Gasteiger partial charge in [-0.2, -0.15) is 0 Å². The van der Waals surface area contributed by atoms with Crippen molar-refractivity contribution >= 4 is 266 Å². The van der Waals surface area contributed by atoms with E-state index >= 15 is 0 Å². The predicted octanol–water partition coefficient (Wildman–Crippen LogP) is 16.2. The number of hydrogen-bond donors (Lipinski definition) is 7. The molecule has 11 N–H and O–H groups in total. The zero-order valence-corrected chi connectivity index (χ0v) is 83.5. The molecular formula is C89H83Br6Cl4IN12Na2O12. The second-order valence-corrected chi connectivity index (χ2v) is 31.1. The third-order valence-corrected chi connectivity index (χ3v) is 20.8. The Morgan fingerprint density at radius 1 is 0.500 bits per heavy atom. The van der Waals surface area contributed by atoms with Crippen molar-refractivity contribution in [1.29, 1.82) is 0 Å². The van der Waals surface area contributed by atoms with Gasteiger partial charge in [-0.05, 0) is 144 Å². The van der Waals surface area contributed by atoms with E-state index in [1.165, 1.54) is 20.3 Å². The standard InChI is InChI=1S/C18H15BrN2O2.C18H12BrNO.C11H7BrClNO2.C11H7BrN2O.C10H5BrClNO2.C10H5BrClNO.C6H8N2.CH3I.4CH4.ClO2.H4N2.2Na.H2O/c1-23-18(22)15-9-12-7-8-13(19)10-16(12)21-17(15)11-20-14-5-3-2-4-6-14;19-13-7-6-12-8-15-17(20-16(12)9-13)10-14(18(15)21)11-4-2-1-3-5-11;1-16-11(15)8-4-6-2-3-7(12)5-9(6)14-10(8)13;12-7-2-1-6-3-8-10(5-13-11(8)15)14-9(6)4-7;11-6-2-1-5-3-7(10(14)15)9(12)13-8(5)4-6;11-8-2-1-6-3-7(5-14)10(12)13-9(6)4-8;7-8-6-4-2-1-3-5-6;1-2;;;;;2-1-3;1-2;;;/h2-10,20H,11H2,1H3;1-9,14H,10H2;2-5H,1H3;1-4H,5H2,(H,13,15);1-4H,(H,14,15);1-5H;1-5,8H,7H2;1H3;4*1H4;;1-2H2;;;1H2/q;;;;;;;;;;;;-1;;2*+1;/p-1. The molecule has 0 saturated carbocycles. The molecule has 6 aromatic heterocycles. The number of hydrogen-bond acceptors (Lipinski definition) is 22. The average molecular weight is 2310 g/mol. The molecule has 24 nitrogen and oxygen atoms in total. The van der Waals surface area contributed by atoms with Crippen LogP contribution in [0.4, 0.5) is 11.4 Å². The quantitative estimate of drug-likeness (QED) is 0.0103. The zero-order valence-electron chi connectivity index (χ0n) is 64.8. The minimum atomic E-state index is -1.07. The third-order valence-electron chi connectivity index (χ3n) is 17.0. The first-order chi connectivity index (χ1) is 57.4. The molecule has 1 unspecified atom stereocenters. The number of nitrogens with one attached hydrogen (secondary N) is 3. The number of carboxylic acids is 1. The molecule has 126 heavy (non-hydrogen) atoms. The molecule has 17 rings (SSSR count). The number of carboxylic acid groups (broad SMARTS) is 1. The number of pyridine rings is 6. The Kier molecular flexibility index (Phi) is 54.8. The fourth-order valence-electron chi connectivity index (χ4n) is 11.5. The van der Waals surface area contributed by atoms with Gasteiger partial charge in [0.1, 0.15) is 15.5 Å². The van der Waals surface area contributed by atoms with Crippen LogP contribution in [0.5, 0.6) is 0 Å². The van der Waals surface area contributed by atoms with Gasteiger partial charge in [-0.15, -0.1) is 0 Å². The smallest absolute Gasteiger partial charge is 0.870 e. The number of amides is 1. The van der Waals surface area contributed by atoms with Crippen molar-refractivity contribution in [2.24, 2.45) is 17.5 Å². The van der Waals surface area contributed by atoms with Gasteiger partial charge in [0.2, 0.25) is 0 Å². The molecule has 1 aliphatic heterocycles. The van der Waals surface area contributed by atoms with E-state index in [1.807, 2.05) is 211 Å². The SMILES string of the molecule is C.C.C.C.CI.COC(=O)c1cc2ccc(Br)cc2nc1CNc1ccccc1.COC(=O)c1cc2ccc(Br)cc2nc1Cl.NN.NNc1ccccc1.O=C(O)c1cc2ccc(Br)cc2nc1Cl.O=C1NCc2nc3cc(Br)ccc3cc21.O=C1c2cc3ccc(Br)cc3nc2CC1c1ccccc1.O=Cc1cc2ccc(Br)cc2nc1Cl.[Na+].[Na+].[O-][Cl+][O-].[OH-]. The number of esters is 2. The number of Topliss-reactive ketones (excluding diaryl/α,β-unsaturated/α-hetero) is 1. The maximum atomic E-state index is 12.7. The molecule has 650 valence electrons. The Morgan fingerprint density at radius 2 is 0.841 bits per heavy atom. The Morgan fingerprint density at radius 3 is 1.25 bits per heavy atom. The molecule has 7 heterocycles. The van der Waals surface area contributed by atoms with Crippen molar-refractivity contribution in [1.82, 2.24) is 35.2 Å². The van der Waals surface area contributed by atoms with Crippen molar-refractivity contribution in [2.45, 2.75) is 55.1 Å². The first kappa shape index (κ1) is 117. The monoisotopic (exact) mass is 2300 g/mol. The summed E-state index contributed by atoms with van der Waals surface area (Å²) in [6.07, 6.45) is 1.40. The number of hydrazine groups is 2. The van der Waals surface area contributed by atoms with Crippen LogP contribution in [0.3, 0.4) is 0 Å². The second-order valence-electron chi connectivity index (χ2n) is 24.4. The Labute approximate surface area is 856 Å². The van der Waals surface area contributed by atoms with Crippen molar-refractivity contribution < 1.29 is 129 Å². The van der Waals surface area contributed by atoms with Crippen molar-refractivity contribution in [3.63, 3.8) is 0 Å². The number of carbonyl (C=O) groups is 6. The molecular weight excluding hydrogens is 2220 g/mol. The Balaban J connectivity index is 0.000000729. The number of fused-ring (bicyclic) bond motifs is 8. The van der Waals surface area contributed by atoms with Crippen molar-refractivity contribution in [2.75, 3.05) is 29.9 Å². The second kappa shape index (κ2) is 59.2. The van der Waals surface area contributed by atoms with Crippen LogP contribution in [-0.2, 0) is 29.0 Å². The van der Waals surface area contributed by atoms with Crippen LogP contribution in [0.15, 0.2) is 263 Å². The number of aldehydes is 1. The van der Waals surface area contributed by atoms with E-state index in [2.05, 4.69) is 176 Å². The van der Waals surface area contributed by atoms with Crippen LogP contribution in [0.1, 0.15) is 120 Å². The number of benzene rings is 9. The number of ether oxygens (including phenoxy) is 2. The molecule has 0 fully saturated rings. The van der Waals surface area contributed by atoms with Crippen LogP contribution in [0.25, 0.3) is 65.4 Å². The summed E-state index contributed by atoms with van der Waals surface area (Å²) >= 11 is 39.5. The van der Waals surface area contributed by atoms with Crippen LogP contribution in [0.2, 0.25) is 15.5 Å². The van der Waals surface area contributed by atoms with E-state index in [0.717, 1.165) is 121 Å². The molecule has 0 spiro atoms. The summed E-state index contributed by atoms with van der Waals surface area (Å²) < 4.78 is 31.7. The maximum Gasteiger partial charge on any atom is 1.00 e. The van der Waals surface area contributed by atoms with Gasteiger partial charge >= 0.3 is 77.0 Å². The van der Waals surface area contributed by atoms with Gasteiger partial charge in [0, 0.05) is 82.5 Å². The number of aromatic carboxylic acids is 1. The average Bonchev–Trinajstić information content (AvgIpc) is 1.62. The summed E-state index contributed by atoms with van der Waals surface area (Å²) in [6.45, 7) is 0.980. The van der Waals surface area contributed by atoms with E-state index in [0.29, 0.717) is 53.7 Å². The fourth-order valence-corrected chi connectivity index (χ4v) is 14.2. The summed E-state index contributed by atoms with van der Waals surface area (Å²) in [4.78, 5) is 96.9. The number of aromatic nitrogens is 6. The fraction of sp³-hybridized carbons (Fsp3) is 0.124. The number of alkyl halides is 1. The van der Waals surface area contributed by atoms with Crippen LogP contribution >= 0.6 is 153 Å². The summed E-state index contributed by atoms with van der Waals surface area (Å²) in [5.74, 6) is 11.2. The Hall–Kier alpha value is -7.21. The zero-order chi connectivity index (χ0) is 86.4. The van der Waals surface area contributed by atoms with Crippen molar-refractivity contribution in [3.8, 4) is 0 Å². The summed E-state index contributed by atoms with van der Waals surface area (Å²) in [6, 6.07) is 74.2. The minimum absolute atomic E-state index is 0. The molecule has 0 bridgehead atoms. The summed E-state index contributed by atoms with van der Waals surface area (Å²) in [5.41, 5.74) is 15.4. The molecule has 15 aromatic rings. The van der Waals surface area contributed by atoms with Crippen LogP contribution in [-0.4, -0.2) is 95.5 Å². The first-order valence-electron chi connectivity index (χ1n) is 34.6. The molecule has 9 aromatic carbocycles. The number of carbonyl (C=O) groups excluding carboxylic acids is 5. The number of rotatable bonds is 9. The molecule has 2 aliphatic rings. The van der Waals surface area contributed by atoms with Gasteiger partial charge in [0.15, 0.2) is 12.1 Å². The molecule has 0 saturated heterocycles. The van der Waals surface area contributed by atoms with E-state index in [-0.39, 0.29) is 144 Å². The molecule has 1 amide bonds. The maximum absolute atomic E-state index is 12.7. The van der Waals surface area contributed by atoms with Gasteiger partial charge in [-0.1, -0.05) is 286 Å². The number of halogens is 11. The topological polar surface area (TPSA) is 409 Å². The number of nitrogens with zero attached hydrogens (tertiary/aromatic N) is 6. The number of nitrogen functional groups attached to an aromatic ring is 1. The number of ketones is 1. The summed E-state index contributed by atoms with van der Waals surface area (Å²) in [5, 5.41) is 20.7. The van der Waals surface area contributed by atoms with Crippen molar-refractivity contribution in [3.05, 3.63) is 335 Å². The normalized spacial score (nSPS) is 11.0. The predicted molar refractivity (Wildman–Crippen MR) is 520 cm³/mol. The van der Waals surface area contributed by atoms with Gasteiger partial charge < -0.3 is 45.4 Å². The van der Waals surface area contributed by atoms with Gasteiger partial charge in [0.05, 0.1) is 123 Å². The van der Waals surface area contributed by atoms with E-state index < -0.39 is 23.3 Å². The number of methoxy groups -OCH3 is 2. The van der Waals surface area contributed by atoms with Gasteiger partial charge in [0.25, 0.3) is 5.91 Å². The largest absolute Gasteiger partial charge is 1.00 e. The number of anilines is 2. The molecule has 1 aliphatic carbocycles. The van der Waals surface area contributed by atoms with Gasteiger partial charge in [-0.3, -0.25) is 46.9 Å². The molecule has 1 atom stereocenters. The molecule has 0 radical (unpaired) electrons. The van der Waals surface area contributed by atoms with Crippen LogP contribution in [0, 0.1) is 11.3 Å². The molecule has 37 heteroatoms. The summed E-state index contributed by atoms with van der Waals surface area (Å²) in [7, 11) is 2.69. The van der Waals surface area contributed by atoms with E-state index in [9.17, 15) is 28.8 Å². The Bertz CT molecular complexity index is 6140. The minimum Gasteiger partial charge on any atom is -0.870 e.